The van der Waals surface area contributed by atoms with Crippen molar-refractivity contribution in [2.24, 2.45) is 16.7 Å². The number of hydrogen-bond donors (Lipinski definition) is 0. The summed E-state index contributed by atoms with van der Waals surface area (Å²) in [5.74, 6) is 0.594. The maximum atomic E-state index is 12.6. The van der Waals surface area contributed by atoms with E-state index in [0.717, 1.165) is 38.1 Å². The van der Waals surface area contributed by atoms with Crippen molar-refractivity contribution < 1.29 is 4.79 Å². The van der Waals surface area contributed by atoms with Gasteiger partial charge in [-0.15, -0.1) is 0 Å². The van der Waals surface area contributed by atoms with Crippen molar-refractivity contribution in [3.8, 4) is 0 Å². The average molecular weight is 317 g/mol. The smallest absolute Gasteiger partial charge is 0.226 e. The van der Waals surface area contributed by atoms with Gasteiger partial charge in [0.15, 0.2) is 0 Å². The molecule has 0 bridgehead atoms. The Morgan fingerprint density at radius 3 is 2.00 bits per heavy atom. The van der Waals surface area contributed by atoms with Gasteiger partial charge in [0.25, 0.3) is 0 Å². The first-order valence-corrected chi connectivity index (χ1v) is 8.01. The van der Waals surface area contributed by atoms with Gasteiger partial charge in [0.1, 0.15) is 0 Å². The van der Waals surface area contributed by atoms with Crippen LogP contribution in [0.2, 0.25) is 0 Å². The molecule has 1 saturated heterocycles. The molecule has 1 amide bonds. The van der Waals surface area contributed by atoms with Gasteiger partial charge in [-0.2, -0.15) is 0 Å². The van der Waals surface area contributed by atoms with Gasteiger partial charge >= 0.3 is 0 Å². The Morgan fingerprint density at radius 1 is 1.11 bits per heavy atom. The van der Waals surface area contributed by atoms with Crippen LogP contribution in [0.15, 0.2) is 0 Å². The number of carbonyl (C=O) groups excluding carboxylic acids is 1. The molecule has 1 heterocycles. The monoisotopic (exact) mass is 316 g/mol. The molecule has 0 radical (unpaired) electrons. The first kappa shape index (κ1) is 14.3. The van der Waals surface area contributed by atoms with Gasteiger partial charge in [-0.25, -0.2) is 0 Å². The van der Waals surface area contributed by atoms with Gasteiger partial charge in [0, 0.05) is 44.0 Å². The van der Waals surface area contributed by atoms with E-state index in [2.05, 4.69) is 53.4 Å². The lowest BCUT2D eigenvalue weighted by Crippen LogP contribution is -2.50. The molecule has 4 heteroatoms. The van der Waals surface area contributed by atoms with Gasteiger partial charge in [0.05, 0.1) is 0 Å². The fourth-order valence-corrected chi connectivity index (χ4v) is 3.81. The molecule has 0 aromatic carbocycles. The van der Waals surface area contributed by atoms with E-state index in [1.54, 1.807) is 0 Å². The Morgan fingerprint density at radius 2 is 1.61 bits per heavy atom. The highest BCUT2D eigenvalue weighted by molar-refractivity contribution is 9.09. The van der Waals surface area contributed by atoms with Crippen LogP contribution in [0.1, 0.15) is 27.7 Å². The summed E-state index contributed by atoms with van der Waals surface area (Å²) in [5, 5.41) is 1.02. The Balaban J connectivity index is 1.90. The van der Waals surface area contributed by atoms with Crippen molar-refractivity contribution in [3.63, 3.8) is 0 Å². The number of nitrogens with zero attached hydrogens (tertiary/aromatic N) is 2. The fraction of sp³-hybridized carbons (Fsp3) is 0.929. The van der Waals surface area contributed by atoms with Crippen LogP contribution in [0.4, 0.5) is 0 Å². The number of amides is 1. The Kier molecular flexibility index (Phi) is 3.81. The second-order valence-electron chi connectivity index (χ2n) is 6.73. The summed E-state index contributed by atoms with van der Waals surface area (Å²) >= 11 is 3.47. The number of halogens is 1. The first-order chi connectivity index (χ1) is 8.32. The van der Waals surface area contributed by atoms with Crippen LogP contribution in [0.5, 0.6) is 0 Å². The average Bonchev–Trinajstić information content (AvgIpc) is 2.70. The molecule has 1 aliphatic heterocycles. The fourth-order valence-electron chi connectivity index (χ4n) is 3.31. The van der Waals surface area contributed by atoms with Gasteiger partial charge in [0.2, 0.25) is 5.91 Å². The molecule has 0 unspecified atom stereocenters. The Hall–Kier alpha value is -0.0900. The molecular formula is C14H25BrN2O. The van der Waals surface area contributed by atoms with Crippen LogP contribution < -0.4 is 0 Å². The molecular weight excluding hydrogens is 292 g/mol. The van der Waals surface area contributed by atoms with Crippen LogP contribution in [0.3, 0.4) is 0 Å². The summed E-state index contributed by atoms with van der Waals surface area (Å²) in [5.41, 5.74) is 0.328. The normalized spacial score (nSPS) is 27.3. The van der Waals surface area contributed by atoms with Crippen LogP contribution in [0, 0.1) is 16.7 Å². The largest absolute Gasteiger partial charge is 0.340 e. The van der Waals surface area contributed by atoms with Gasteiger partial charge in [-0.3, -0.25) is 9.69 Å². The molecule has 2 aliphatic rings. The highest BCUT2D eigenvalue weighted by Gasteiger charge is 2.68. The zero-order valence-electron chi connectivity index (χ0n) is 12.0. The third-order valence-corrected chi connectivity index (χ3v) is 5.71. The van der Waals surface area contributed by atoms with Gasteiger partial charge in [-0.05, 0) is 10.8 Å². The van der Waals surface area contributed by atoms with Crippen molar-refractivity contribution in [1.29, 1.82) is 0 Å². The summed E-state index contributed by atoms with van der Waals surface area (Å²) in [6.07, 6.45) is 0. The molecule has 0 N–H and O–H groups in total. The first-order valence-electron chi connectivity index (χ1n) is 6.89. The molecule has 0 aromatic heterocycles. The predicted octanol–water partition coefficient (Wildman–Crippen LogP) is 2.21. The second-order valence-corrected chi connectivity index (χ2v) is 7.53. The minimum absolute atomic E-state index is 0.164. The number of alkyl halides is 1. The molecule has 1 saturated carbocycles. The van der Waals surface area contributed by atoms with Crippen molar-refractivity contribution in [2.75, 3.05) is 38.1 Å². The van der Waals surface area contributed by atoms with Crippen molar-refractivity contribution in [2.45, 2.75) is 27.7 Å². The molecule has 18 heavy (non-hydrogen) atoms. The lowest BCUT2D eigenvalue weighted by atomic mass is 10.0. The third-order valence-electron chi connectivity index (χ3n) is 5.35. The number of carbonyl (C=O) groups is 1. The summed E-state index contributed by atoms with van der Waals surface area (Å²) < 4.78 is 0. The Labute approximate surface area is 119 Å². The van der Waals surface area contributed by atoms with E-state index in [0.29, 0.717) is 5.91 Å². The molecule has 2 rings (SSSR count). The maximum absolute atomic E-state index is 12.6. The van der Waals surface area contributed by atoms with Crippen molar-refractivity contribution >= 4 is 21.8 Å². The van der Waals surface area contributed by atoms with Crippen molar-refractivity contribution in [1.82, 2.24) is 9.80 Å². The molecule has 2 fully saturated rings. The van der Waals surface area contributed by atoms with E-state index in [-0.39, 0.29) is 16.7 Å². The van der Waals surface area contributed by atoms with E-state index in [9.17, 15) is 4.79 Å². The molecule has 0 atom stereocenters. The minimum atomic E-state index is 0.164. The highest BCUT2D eigenvalue weighted by atomic mass is 79.9. The molecule has 0 aromatic rings. The summed E-state index contributed by atoms with van der Waals surface area (Å²) in [7, 11) is 0. The van der Waals surface area contributed by atoms with Crippen LogP contribution in [-0.2, 0) is 4.79 Å². The Bertz CT molecular complexity index is 319. The number of piperazine rings is 1. The second kappa shape index (κ2) is 4.78. The lowest BCUT2D eigenvalue weighted by molar-refractivity contribution is -0.135. The molecule has 104 valence electrons. The van der Waals surface area contributed by atoms with E-state index in [1.807, 2.05) is 0 Å². The van der Waals surface area contributed by atoms with E-state index >= 15 is 0 Å². The van der Waals surface area contributed by atoms with E-state index < -0.39 is 0 Å². The predicted molar refractivity (Wildman–Crippen MR) is 77.9 cm³/mol. The van der Waals surface area contributed by atoms with Gasteiger partial charge in [-0.1, -0.05) is 43.6 Å². The summed E-state index contributed by atoms with van der Waals surface area (Å²) in [4.78, 5) is 17.0. The quantitative estimate of drug-likeness (QED) is 0.745. The maximum Gasteiger partial charge on any atom is 0.226 e. The third kappa shape index (κ3) is 2.22. The number of hydrogen-bond acceptors (Lipinski definition) is 2. The molecule has 1 aliphatic carbocycles. The zero-order valence-corrected chi connectivity index (χ0v) is 13.6. The highest BCUT2D eigenvalue weighted by Crippen LogP contribution is 2.68. The SMILES string of the molecule is CC1(C)C(C(=O)N2CCN(CCBr)CC2)C1(C)C. The van der Waals surface area contributed by atoms with Crippen molar-refractivity contribution in [3.05, 3.63) is 0 Å². The lowest BCUT2D eigenvalue weighted by Gasteiger charge is -2.35. The standard InChI is InChI=1S/C14H25BrN2O/c1-13(2)11(14(13,3)4)12(18)17-9-7-16(6-5-15)8-10-17/h11H,5-10H2,1-4H3. The van der Waals surface area contributed by atoms with Gasteiger partial charge < -0.3 is 4.90 Å². The van der Waals surface area contributed by atoms with E-state index in [4.69, 9.17) is 0 Å². The van der Waals surface area contributed by atoms with Crippen LogP contribution in [0.25, 0.3) is 0 Å². The molecule has 0 spiro atoms. The van der Waals surface area contributed by atoms with E-state index in [1.165, 1.54) is 0 Å². The summed E-state index contributed by atoms with van der Waals surface area (Å²) in [6, 6.07) is 0. The zero-order chi connectivity index (χ0) is 13.6. The topological polar surface area (TPSA) is 23.6 Å². The minimum Gasteiger partial charge on any atom is -0.340 e. The van der Waals surface area contributed by atoms with Crippen LogP contribution in [-0.4, -0.2) is 53.8 Å². The summed E-state index contributed by atoms with van der Waals surface area (Å²) in [6.45, 7) is 13.8. The molecule has 3 nitrogen and oxygen atoms in total. The van der Waals surface area contributed by atoms with Crippen LogP contribution >= 0.6 is 15.9 Å². The number of rotatable bonds is 3.